The van der Waals surface area contributed by atoms with Crippen LogP contribution in [0, 0.1) is 0 Å². The summed E-state index contributed by atoms with van der Waals surface area (Å²) in [7, 11) is -5.92. The third-order valence-corrected chi connectivity index (χ3v) is 10.3. The Labute approximate surface area is 238 Å². The number of nitrogens with zero attached hydrogens (tertiary/aromatic N) is 2. The maximum atomic E-state index is 13.1. The third-order valence-electron chi connectivity index (χ3n) is 6.18. The number of para-hydroxylation sites is 2. The van der Waals surface area contributed by atoms with Gasteiger partial charge in [0.1, 0.15) is 24.2 Å². The first kappa shape index (κ1) is 29.8. The zero-order valence-corrected chi connectivity index (χ0v) is 24.5. The van der Waals surface area contributed by atoms with Gasteiger partial charge in [-0.25, -0.2) is 16.8 Å². The van der Waals surface area contributed by atoms with Crippen molar-refractivity contribution in [3.8, 4) is 11.5 Å². The predicted octanol–water partition coefficient (Wildman–Crippen LogP) is 2.87. The van der Waals surface area contributed by atoms with Gasteiger partial charge in [-0.15, -0.1) is 0 Å². The van der Waals surface area contributed by atoms with E-state index in [0.29, 0.717) is 25.4 Å². The SMILES string of the molecule is COc1ccc(S(=O)(=O)N2CCN(CC(COc3ccccc3NS(=O)(=O)c3ccsc3)OC(C)=O)CC2)cc1. The van der Waals surface area contributed by atoms with Crippen LogP contribution in [0.5, 0.6) is 11.5 Å². The molecule has 3 aromatic rings. The lowest BCUT2D eigenvalue weighted by atomic mass is 10.2. The first-order valence-corrected chi connectivity index (χ1v) is 16.3. The van der Waals surface area contributed by atoms with Gasteiger partial charge in [0, 0.05) is 45.0 Å². The fourth-order valence-electron chi connectivity index (χ4n) is 4.16. The molecule has 0 saturated carbocycles. The smallest absolute Gasteiger partial charge is 0.303 e. The lowest BCUT2D eigenvalue weighted by molar-refractivity contribution is -0.149. The summed E-state index contributed by atoms with van der Waals surface area (Å²) in [6.45, 7) is 3.01. The van der Waals surface area contributed by atoms with E-state index in [4.69, 9.17) is 14.2 Å². The Morgan fingerprint density at radius 3 is 2.30 bits per heavy atom. The molecule has 0 aliphatic carbocycles. The lowest BCUT2D eigenvalue weighted by Crippen LogP contribution is -2.51. The Morgan fingerprint density at radius 1 is 0.975 bits per heavy atom. The first-order valence-electron chi connectivity index (χ1n) is 12.4. The fraction of sp³-hybridized carbons (Fsp3) is 0.346. The molecule has 1 unspecified atom stereocenters. The average Bonchev–Trinajstić information content (AvgIpc) is 3.49. The van der Waals surface area contributed by atoms with Crippen LogP contribution in [0.1, 0.15) is 6.92 Å². The monoisotopic (exact) mass is 609 g/mol. The number of nitrogens with one attached hydrogen (secondary N) is 1. The van der Waals surface area contributed by atoms with Crippen molar-refractivity contribution in [2.45, 2.75) is 22.8 Å². The number of benzene rings is 2. The second-order valence-electron chi connectivity index (χ2n) is 8.98. The summed E-state index contributed by atoms with van der Waals surface area (Å²) >= 11 is 1.27. The van der Waals surface area contributed by atoms with Crippen LogP contribution in [0.4, 0.5) is 5.69 Å². The number of carbonyl (C=O) groups excluding carboxylic acids is 1. The zero-order chi connectivity index (χ0) is 28.8. The molecule has 1 atom stereocenters. The molecule has 1 fully saturated rings. The minimum absolute atomic E-state index is 0.0267. The van der Waals surface area contributed by atoms with Crippen LogP contribution in [0.2, 0.25) is 0 Å². The van der Waals surface area contributed by atoms with Crippen LogP contribution < -0.4 is 14.2 Å². The second-order valence-corrected chi connectivity index (χ2v) is 13.4. The predicted molar refractivity (Wildman–Crippen MR) is 151 cm³/mol. The Kier molecular flexibility index (Phi) is 9.68. The highest BCUT2D eigenvalue weighted by atomic mass is 32.2. The molecule has 2 heterocycles. The van der Waals surface area contributed by atoms with Gasteiger partial charge in [-0.1, -0.05) is 12.1 Å². The van der Waals surface area contributed by atoms with Crippen molar-refractivity contribution in [3.63, 3.8) is 0 Å². The van der Waals surface area contributed by atoms with Gasteiger partial charge in [-0.05, 0) is 47.8 Å². The van der Waals surface area contributed by atoms with Gasteiger partial charge in [-0.3, -0.25) is 14.4 Å². The van der Waals surface area contributed by atoms with Gasteiger partial charge >= 0.3 is 5.97 Å². The molecule has 0 amide bonds. The van der Waals surface area contributed by atoms with E-state index in [1.165, 1.54) is 53.3 Å². The van der Waals surface area contributed by atoms with Crippen molar-refractivity contribution < 1.29 is 35.8 Å². The highest BCUT2D eigenvalue weighted by Crippen LogP contribution is 2.28. The zero-order valence-electron chi connectivity index (χ0n) is 22.1. The summed E-state index contributed by atoms with van der Waals surface area (Å²) in [6, 6.07) is 14.4. The molecule has 1 N–H and O–H groups in total. The van der Waals surface area contributed by atoms with E-state index in [-0.39, 0.29) is 40.9 Å². The van der Waals surface area contributed by atoms with Crippen LogP contribution in [0.3, 0.4) is 0 Å². The number of esters is 1. The van der Waals surface area contributed by atoms with Crippen molar-refractivity contribution in [3.05, 3.63) is 65.4 Å². The largest absolute Gasteiger partial charge is 0.497 e. The summed E-state index contributed by atoms with van der Waals surface area (Å²) in [4.78, 5) is 14.1. The number of rotatable bonds is 12. The van der Waals surface area contributed by atoms with Gasteiger partial charge in [0.2, 0.25) is 10.0 Å². The number of ether oxygens (including phenoxy) is 3. The van der Waals surface area contributed by atoms with E-state index in [2.05, 4.69) is 4.72 Å². The standard InChI is InChI=1S/C26H31N3O8S3/c1-20(30)37-22(18-36-26-6-4-3-5-25(26)27-39(31,32)24-11-16-38-19-24)17-28-12-14-29(15-13-28)40(33,34)23-9-7-21(35-2)8-10-23/h3-11,16,19,22,27H,12-15,17-18H2,1-2H3. The first-order chi connectivity index (χ1) is 19.1. The number of sulfonamides is 2. The molecule has 4 rings (SSSR count). The van der Waals surface area contributed by atoms with E-state index in [1.54, 1.807) is 41.8 Å². The quantitative estimate of drug-likeness (QED) is 0.308. The van der Waals surface area contributed by atoms with Gasteiger partial charge in [0.25, 0.3) is 10.0 Å². The maximum absolute atomic E-state index is 13.1. The summed E-state index contributed by atoms with van der Waals surface area (Å²) in [6.07, 6.45) is -0.663. The molecule has 2 aromatic carbocycles. The lowest BCUT2D eigenvalue weighted by Gasteiger charge is -2.35. The van der Waals surface area contributed by atoms with Crippen molar-refractivity contribution in [2.75, 3.05) is 51.2 Å². The average molecular weight is 610 g/mol. The van der Waals surface area contributed by atoms with Crippen LogP contribution in [0.15, 0.2) is 75.1 Å². The van der Waals surface area contributed by atoms with Crippen LogP contribution >= 0.6 is 11.3 Å². The number of methoxy groups -OCH3 is 1. The van der Waals surface area contributed by atoms with E-state index in [9.17, 15) is 21.6 Å². The topological polar surface area (TPSA) is 132 Å². The van der Waals surface area contributed by atoms with E-state index in [0.717, 1.165) is 0 Å². The molecular weight excluding hydrogens is 579 g/mol. The Bertz CT molecular complexity index is 1490. The highest BCUT2D eigenvalue weighted by molar-refractivity contribution is 7.92. The van der Waals surface area contributed by atoms with Gasteiger partial charge in [0.05, 0.1) is 22.6 Å². The Hall–Kier alpha value is -3.17. The van der Waals surface area contributed by atoms with Gasteiger partial charge < -0.3 is 14.2 Å². The third kappa shape index (κ3) is 7.52. The Balaban J connectivity index is 1.36. The van der Waals surface area contributed by atoms with E-state index in [1.807, 2.05) is 4.90 Å². The van der Waals surface area contributed by atoms with E-state index < -0.39 is 32.1 Å². The number of hydrogen-bond acceptors (Lipinski definition) is 10. The molecule has 1 aliphatic rings. The summed E-state index contributed by atoms with van der Waals surface area (Å²) in [5.74, 6) is 0.375. The number of thiophene rings is 1. The van der Waals surface area contributed by atoms with Crippen LogP contribution in [-0.2, 0) is 29.6 Å². The summed E-state index contributed by atoms with van der Waals surface area (Å²) in [5, 5.41) is 3.21. The van der Waals surface area contributed by atoms with Gasteiger partial charge in [-0.2, -0.15) is 15.6 Å². The fourth-order valence-corrected chi connectivity index (χ4v) is 7.69. The van der Waals surface area contributed by atoms with Crippen molar-refractivity contribution in [1.29, 1.82) is 0 Å². The molecule has 1 aromatic heterocycles. The maximum Gasteiger partial charge on any atom is 0.303 e. The molecular formula is C26H31N3O8S3. The molecule has 1 aliphatic heterocycles. The van der Waals surface area contributed by atoms with Crippen molar-refractivity contribution in [2.24, 2.45) is 0 Å². The number of carbonyl (C=O) groups is 1. The minimum atomic E-state index is -3.79. The molecule has 11 nitrogen and oxygen atoms in total. The second kappa shape index (κ2) is 13.0. The summed E-state index contributed by atoms with van der Waals surface area (Å²) < 4.78 is 72.0. The van der Waals surface area contributed by atoms with Crippen LogP contribution in [0.25, 0.3) is 0 Å². The Morgan fingerprint density at radius 2 is 1.68 bits per heavy atom. The molecule has 14 heteroatoms. The van der Waals surface area contributed by atoms with Crippen molar-refractivity contribution >= 4 is 43.0 Å². The normalized spacial score (nSPS) is 15.8. The van der Waals surface area contributed by atoms with Gasteiger partial charge in [0.15, 0.2) is 0 Å². The van der Waals surface area contributed by atoms with E-state index >= 15 is 0 Å². The molecule has 40 heavy (non-hydrogen) atoms. The number of piperazine rings is 1. The molecule has 0 spiro atoms. The molecule has 1 saturated heterocycles. The highest BCUT2D eigenvalue weighted by Gasteiger charge is 2.30. The van der Waals surface area contributed by atoms with Crippen molar-refractivity contribution in [1.82, 2.24) is 9.21 Å². The minimum Gasteiger partial charge on any atom is -0.497 e. The molecule has 0 bridgehead atoms. The van der Waals surface area contributed by atoms with Crippen LogP contribution in [-0.4, -0.2) is 84.6 Å². The number of hydrogen-bond donors (Lipinski definition) is 1. The molecule has 216 valence electrons. The summed E-state index contributed by atoms with van der Waals surface area (Å²) in [5.41, 5.74) is 0.257. The molecule has 0 radical (unpaired) electrons. The number of anilines is 1.